The van der Waals surface area contributed by atoms with Crippen LogP contribution < -0.4 is 14.8 Å². The fourth-order valence-corrected chi connectivity index (χ4v) is 2.56. The molecule has 31 heavy (non-hydrogen) atoms. The summed E-state index contributed by atoms with van der Waals surface area (Å²) in [5.74, 6) is -2.38. The normalized spacial score (nSPS) is 11.0. The van der Waals surface area contributed by atoms with Gasteiger partial charge in [0.2, 0.25) is 5.82 Å². The fraction of sp³-hybridized carbons (Fsp3) is 0.100. The van der Waals surface area contributed by atoms with Crippen molar-refractivity contribution in [2.24, 2.45) is 5.16 Å². The molecule has 1 aromatic heterocycles. The van der Waals surface area contributed by atoms with E-state index in [4.69, 9.17) is 21.1 Å². The summed E-state index contributed by atoms with van der Waals surface area (Å²) in [6.45, 7) is -1.24. The Labute approximate surface area is 180 Å². The van der Waals surface area contributed by atoms with Crippen LogP contribution in [0.3, 0.4) is 0 Å². The molecular formula is C20H15ClF2N4O4. The van der Waals surface area contributed by atoms with Crippen molar-refractivity contribution in [1.82, 2.24) is 15.3 Å². The van der Waals surface area contributed by atoms with E-state index in [2.05, 4.69) is 25.3 Å². The molecule has 1 N–H and O–H groups in total. The van der Waals surface area contributed by atoms with Gasteiger partial charge in [-0.3, -0.25) is 4.79 Å². The maximum Gasteiger partial charge on any atom is 0.273 e. The Morgan fingerprint density at radius 3 is 2.32 bits per heavy atom. The van der Waals surface area contributed by atoms with Gasteiger partial charge in [0.1, 0.15) is 17.8 Å². The number of likely N-dealkylation sites (N-methyl/N-ethyl adjacent to an activating group) is 1. The number of carbonyl (C=O) groups excluding carboxylic acids is 1. The number of para-hydroxylation sites is 2. The summed E-state index contributed by atoms with van der Waals surface area (Å²) < 4.78 is 38.3. The number of alkyl halides is 1. The smallest absolute Gasteiger partial charge is 0.273 e. The molecule has 160 valence electrons. The Balaban J connectivity index is 1.95. The number of nitrogens with zero attached hydrogens (tertiary/aromatic N) is 3. The van der Waals surface area contributed by atoms with Gasteiger partial charge >= 0.3 is 0 Å². The molecule has 0 saturated carbocycles. The van der Waals surface area contributed by atoms with E-state index in [9.17, 15) is 13.6 Å². The topological polar surface area (TPSA) is 94.9 Å². The predicted octanol–water partition coefficient (Wildman–Crippen LogP) is 4.25. The lowest BCUT2D eigenvalue weighted by Crippen LogP contribution is -2.29. The van der Waals surface area contributed by atoms with E-state index in [1.807, 2.05) is 0 Å². The van der Waals surface area contributed by atoms with Crippen molar-refractivity contribution in [3.05, 3.63) is 71.3 Å². The van der Waals surface area contributed by atoms with Crippen molar-refractivity contribution >= 4 is 23.2 Å². The van der Waals surface area contributed by atoms with Crippen molar-refractivity contribution < 1.29 is 27.9 Å². The molecule has 0 atom stereocenters. The summed E-state index contributed by atoms with van der Waals surface area (Å²) in [6, 6.07) is 12.5. The van der Waals surface area contributed by atoms with Gasteiger partial charge in [-0.05, 0) is 24.3 Å². The van der Waals surface area contributed by atoms with Crippen LogP contribution in [0.25, 0.3) is 0 Å². The van der Waals surface area contributed by atoms with Crippen LogP contribution in [0.5, 0.6) is 23.3 Å². The highest BCUT2D eigenvalue weighted by Gasteiger charge is 2.22. The molecule has 1 amide bonds. The third kappa shape index (κ3) is 5.23. The average molecular weight is 449 g/mol. The number of rotatable bonds is 8. The zero-order valence-electron chi connectivity index (χ0n) is 16.0. The first-order valence-electron chi connectivity index (χ1n) is 8.73. The lowest BCUT2D eigenvalue weighted by atomic mass is 10.1. The fourth-order valence-electron chi connectivity index (χ4n) is 2.39. The molecule has 2 aromatic carbocycles. The number of nitrogens with one attached hydrogen (secondary N) is 1. The Bertz CT molecular complexity index is 1110. The van der Waals surface area contributed by atoms with Crippen molar-refractivity contribution in [3.63, 3.8) is 0 Å². The third-order valence-corrected chi connectivity index (χ3v) is 4.08. The van der Waals surface area contributed by atoms with E-state index in [1.54, 1.807) is 30.3 Å². The highest BCUT2D eigenvalue weighted by Crippen LogP contribution is 2.33. The average Bonchev–Trinajstić information content (AvgIpc) is 2.79. The van der Waals surface area contributed by atoms with Gasteiger partial charge < -0.3 is 19.6 Å². The Morgan fingerprint density at radius 1 is 1.06 bits per heavy atom. The minimum absolute atomic E-state index is 0.00796. The molecule has 0 fully saturated rings. The quantitative estimate of drug-likeness (QED) is 0.409. The second-order valence-corrected chi connectivity index (χ2v) is 6.09. The van der Waals surface area contributed by atoms with E-state index in [0.29, 0.717) is 0 Å². The van der Waals surface area contributed by atoms with Gasteiger partial charge in [0.15, 0.2) is 5.71 Å². The summed E-state index contributed by atoms with van der Waals surface area (Å²) in [6.07, 6.45) is 1.03. The van der Waals surface area contributed by atoms with Crippen LogP contribution in [-0.2, 0) is 9.63 Å². The number of amides is 1. The zero-order chi connectivity index (χ0) is 22.2. The Morgan fingerprint density at radius 2 is 1.68 bits per heavy atom. The number of oxime groups is 1. The van der Waals surface area contributed by atoms with Crippen LogP contribution in [-0.4, -0.2) is 35.5 Å². The molecule has 8 nitrogen and oxygen atoms in total. The molecule has 3 rings (SSSR count). The molecular weight excluding hydrogens is 434 g/mol. The minimum atomic E-state index is -1.24. The van der Waals surface area contributed by atoms with E-state index < -0.39 is 30.3 Å². The predicted molar refractivity (Wildman–Crippen MR) is 108 cm³/mol. The van der Waals surface area contributed by atoms with Gasteiger partial charge in [0, 0.05) is 7.05 Å². The SMILES string of the molecule is CNC(=O)/C(=N/OCF)c1ccccc1Oc1ncnc(Oc2ccccc2Cl)c1F. The molecule has 0 aliphatic rings. The second-order valence-electron chi connectivity index (χ2n) is 5.69. The standard InChI is InChI=1S/C20H15ClF2N4O4/c1-24-18(28)17(27-29-10-22)12-6-2-4-8-14(12)30-19-16(23)20(26-11-25-19)31-15-9-5-3-7-13(15)21/h2-9,11H,10H2,1H3,(H,24,28)/b27-17+. The largest absolute Gasteiger partial charge is 0.436 e. The highest BCUT2D eigenvalue weighted by molar-refractivity contribution is 6.45. The zero-order valence-corrected chi connectivity index (χ0v) is 16.8. The number of carbonyl (C=O) groups is 1. The number of benzene rings is 2. The molecule has 0 aliphatic heterocycles. The van der Waals surface area contributed by atoms with Crippen LogP contribution in [0.2, 0.25) is 5.02 Å². The number of ether oxygens (including phenoxy) is 2. The van der Waals surface area contributed by atoms with Gasteiger partial charge in [-0.15, -0.1) is 0 Å². The molecule has 0 aliphatic carbocycles. The molecule has 0 spiro atoms. The van der Waals surface area contributed by atoms with Gasteiger partial charge in [0.25, 0.3) is 24.5 Å². The number of hydrogen-bond donors (Lipinski definition) is 1. The second kappa shape index (κ2) is 10.3. The first-order chi connectivity index (χ1) is 15.0. The third-order valence-electron chi connectivity index (χ3n) is 3.76. The van der Waals surface area contributed by atoms with Crippen molar-refractivity contribution in [1.29, 1.82) is 0 Å². The number of halogens is 3. The summed E-state index contributed by atoms with van der Waals surface area (Å²) in [5, 5.41) is 6.09. The Kier molecular flexibility index (Phi) is 7.28. The van der Waals surface area contributed by atoms with E-state index in [-0.39, 0.29) is 27.8 Å². The van der Waals surface area contributed by atoms with Crippen molar-refractivity contribution in [2.45, 2.75) is 0 Å². The molecule has 0 saturated heterocycles. The summed E-state index contributed by atoms with van der Waals surface area (Å²) in [7, 11) is 1.36. The first-order valence-corrected chi connectivity index (χ1v) is 9.11. The maximum absolute atomic E-state index is 14.9. The van der Waals surface area contributed by atoms with Crippen LogP contribution >= 0.6 is 11.6 Å². The molecule has 0 radical (unpaired) electrons. The van der Waals surface area contributed by atoms with E-state index in [1.165, 1.54) is 25.2 Å². The van der Waals surface area contributed by atoms with Gasteiger partial charge in [-0.1, -0.05) is 41.0 Å². The number of aromatic nitrogens is 2. The summed E-state index contributed by atoms with van der Waals surface area (Å²) in [4.78, 5) is 24.1. The maximum atomic E-state index is 14.9. The first kappa shape index (κ1) is 21.9. The van der Waals surface area contributed by atoms with Gasteiger partial charge in [0.05, 0.1) is 10.6 Å². The van der Waals surface area contributed by atoms with Crippen LogP contribution in [0.4, 0.5) is 8.78 Å². The van der Waals surface area contributed by atoms with Crippen LogP contribution in [0.15, 0.2) is 60.0 Å². The van der Waals surface area contributed by atoms with Gasteiger partial charge in [-0.25, -0.2) is 4.39 Å². The molecule has 1 heterocycles. The highest BCUT2D eigenvalue weighted by atomic mass is 35.5. The number of hydrogen-bond acceptors (Lipinski definition) is 7. The molecule has 0 unspecified atom stereocenters. The van der Waals surface area contributed by atoms with Crippen LogP contribution in [0, 0.1) is 5.82 Å². The minimum Gasteiger partial charge on any atom is -0.436 e. The van der Waals surface area contributed by atoms with E-state index >= 15 is 0 Å². The van der Waals surface area contributed by atoms with E-state index in [0.717, 1.165) is 6.33 Å². The summed E-state index contributed by atoms with van der Waals surface area (Å²) >= 11 is 6.03. The molecule has 3 aromatic rings. The monoisotopic (exact) mass is 448 g/mol. The van der Waals surface area contributed by atoms with Crippen molar-refractivity contribution in [3.8, 4) is 23.3 Å². The lowest BCUT2D eigenvalue weighted by Gasteiger charge is -2.13. The Hall–Kier alpha value is -3.79. The summed E-state index contributed by atoms with van der Waals surface area (Å²) in [5.41, 5.74) is -0.167. The molecule has 11 heteroatoms. The van der Waals surface area contributed by atoms with Crippen molar-refractivity contribution in [2.75, 3.05) is 13.9 Å². The van der Waals surface area contributed by atoms with Gasteiger partial charge in [-0.2, -0.15) is 14.4 Å². The lowest BCUT2D eigenvalue weighted by molar-refractivity contribution is -0.114. The van der Waals surface area contributed by atoms with Crippen LogP contribution in [0.1, 0.15) is 5.56 Å². The molecule has 0 bridgehead atoms.